The number of nitrogens with one attached hydrogen (secondary N) is 1. The maximum atomic E-state index is 12.2. The first-order chi connectivity index (χ1) is 9.79. The van der Waals surface area contributed by atoms with Crippen molar-refractivity contribution in [2.24, 2.45) is 11.1 Å². The van der Waals surface area contributed by atoms with E-state index in [0.717, 1.165) is 12.8 Å². The molecule has 1 amide bonds. The summed E-state index contributed by atoms with van der Waals surface area (Å²) in [6.45, 7) is 1.98. The molecule has 0 bridgehead atoms. The molecule has 1 aromatic carbocycles. The molecule has 0 radical (unpaired) electrons. The van der Waals surface area contributed by atoms with Gasteiger partial charge in [-0.1, -0.05) is 24.4 Å². The van der Waals surface area contributed by atoms with Crippen molar-refractivity contribution in [1.82, 2.24) is 5.32 Å². The number of carbonyl (C=O) groups is 1. The number of rotatable bonds is 4. The van der Waals surface area contributed by atoms with Gasteiger partial charge >= 0.3 is 0 Å². The summed E-state index contributed by atoms with van der Waals surface area (Å²) in [5.74, 6) is 0.176. The van der Waals surface area contributed by atoms with E-state index in [9.17, 15) is 13.2 Å². The van der Waals surface area contributed by atoms with E-state index < -0.39 is 10.0 Å². The van der Waals surface area contributed by atoms with Crippen molar-refractivity contribution in [1.29, 1.82) is 0 Å². The molecule has 7 heteroatoms. The van der Waals surface area contributed by atoms with Crippen molar-refractivity contribution >= 4 is 27.5 Å². The third-order valence-corrected chi connectivity index (χ3v) is 5.36. The SMILES string of the molecule is CC(NC(=O)c1ccc(Cl)c(S(N)(=O)=O)c1)C1CCCC1. The lowest BCUT2D eigenvalue weighted by atomic mass is 9.99. The van der Waals surface area contributed by atoms with Crippen LogP contribution in [0.3, 0.4) is 0 Å². The molecule has 2 rings (SSSR count). The molecule has 0 heterocycles. The summed E-state index contributed by atoms with van der Waals surface area (Å²) in [5, 5.41) is 8.01. The van der Waals surface area contributed by atoms with Crippen molar-refractivity contribution in [3.8, 4) is 0 Å². The van der Waals surface area contributed by atoms with E-state index in [-0.39, 0.29) is 27.4 Å². The summed E-state index contributed by atoms with van der Waals surface area (Å²) >= 11 is 5.80. The molecule has 1 aromatic rings. The van der Waals surface area contributed by atoms with Gasteiger partial charge in [0.2, 0.25) is 10.0 Å². The summed E-state index contributed by atoms with van der Waals surface area (Å²) in [6.07, 6.45) is 4.62. The largest absolute Gasteiger partial charge is 0.349 e. The van der Waals surface area contributed by atoms with Gasteiger partial charge in [0.25, 0.3) is 5.91 Å². The smallest absolute Gasteiger partial charge is 0.251 e. The first-order valence-electron chi connectivity index (χ1n) is 6.92. The van der Waals surface area contributed by atoms with E-state index in [1.807, 2.05) is 6.92 Å². The molecular formula is C14H19ClN2O3S. The lowest BCUT2D eigenvalue weighted by Crippen LogP contribution is -2.37. The monoisotopic (exact) mass is 330 g/mol. The Morgan fingerprint density at radius 2 is 2.00 bits per heavy atom. The Morgan fingerprint density at radius 1 is 1.38 bits per heavy atom. The number of amides is 1. The first kappa shape index (κ1) is 16.3. The predicted molar refractivity (Wildman–Crippen MR) is 81.7 cm³/mol. The Kier molecular flexibility index (Phi) is 4.91. The molecule has 0 aliphatic heterocycles. The molecule has 1 aliphatic rings. The second kappa shape index (κ2) is 6.34. The van der Waals surface area contributed by atoms with Gasteiger partial charge in [-0.05, 0) is 43.9 Å². The van der Waals surface area contributed by atoms with Crippen LogP contribution < -0.4 is 10.5 Å². The van der Waals surface area contributed by atoms with Gasteiger partial charge in [-0.3, -0.25) is 4.79 Å². The van der Waals surface area contributed by atoms with E-state index in [2.05, 4.69) is 5.32 Å². The summed E-state index contributed by atoms with van der Waals surface area (Å²) in [4.78, 5) is 12.0. The standard InChI is InChI=1S/C14H19ClN2O3S/c1-9(10-4-2-3-5-10)17-14(18)11-6-7-12(15)13(8-11)21(16,19)20/h6-10H,2-5H2,1H3,(H,17,18)(H2,16,19,20). The molecule has 0 aromatic heterocycles. The number of sulfonamides is 1. The van der Waals surface area contributed by atoms with Crippen molar-refractivity contribution in [2.45, 2.75) is 43.5 Å². The average Bonchev–Trinajstić information content (AvgIpc) is 2.91. The van der Waals surface area contributed by atoms with E-state index in [0.29, 0.717) is 5.92 Å². The number of hydrogen-bond donors (Lipinski definition) is 2. The summed E-state index contributed by atoms with van der Waals surface area (Å²) in [7, 11) is -3.95. The normalized spacial score (nSPS) is 17.7. The minimum Gasteiger partial charge on any atom is -0.349 e. The first-order valence-corrected chi connectivity index (χ1v) is 8.84. The fourth-order valence-electron chi connectivity index (χ4n) is 2.73. The number of primary sulfonamides is 1. The van der Waals surface area contributed by atoms with Gasteiger partial charge in [0, 0.05) is 11.6 Å². The maximum absolute atomic E-state index is 12.2. The van der Waals surface area contributed by atoms with E-state index >= 15 is 0 Å². The van der Waals surface area contributed by atoms with E-state index in [4.69, 9.17) is 16.7 Å². The van der Waals surface area contributed by atoms with E-state index in [1.165, 1.54) is 31.0 Å². The highest BCUT2D eigenvalue weighted by Crippen LogP contribution is 2.28. The fraction of sp³-hybridized carbons (Fsp3) is 0.500. The Balaban J connectivity index is 2.16. The number of carbonyl (C=O) groups excluding carboxylic acids is 1. The van der Waals surface area contributed by atoms with Crippen molar-refractivity contribution in [2.75, 3.05) is 0 Å². The zero-order valence-corrected chi connectivity index (χ0v) is 13.4. The highest BCUT2D eigenvalue weighted by molar-refractivity contribution is 7.89. The van der Waals surface area contributed by atoms with Crippen LogP contribution in [0, 0.1) is 5.92 Å². The fourth-order valence-corrected chi connectivity index (χ4v) is 3.80. The van der Waals surface area contributed by atoms with Crippen molar-refractivity contribution in [3.05, 3.63) is 28.8 Å². The summed E-state index contributed by atoms with van der Waals surface area (Å²) < 4.78 is 22.8. The second-order valence-corrected chi connectivity index (χ2v) is 7.43. The van der Waals surface area contributed by atoms with E-state index in [1.54, 1.807) is 0 Å². The highest BCUT2D eigenvalue weighted by atomic mass is 35.5. The Hall–Kier alpha value is -1.11. The number of nitrogens with two attached hydrogens (primary N) is 1. The summed E-state index contributed by atoms with van der Waals surface area (Å²) in [6, 6.07) is 4.15. The molecule has 0 spiro atoms. The molecule has 1 saturated carbocycles. The Morgan fingerprint density at radius 3 is 2.57 bits per heavy atom. The van der Waals surface area contributed by atoms with Gasteiger partial charge in [-0.2, -0.15) is 0 Å². The van der Waals surface area contributed by atoms with Gasteiger partial charge < -0.3 is 5.32 Å². The van der Waals surface area contributed by atoms with Gasteiger partial charge in [0.1, 0.15) is 4.90 Å². The van der Waals surface area contributed by atoms with Crippen LogP contribution in [0.2, 0.25) is 5.02 Å². The minimum absolute atomic E-state index is 0.0119. The van der Waals surface area contributed by atoms with Crippen LogP contribution in [0.25, 0.3) is 0 Å². The zero-order chi connectivity index (χ0) is 15.6. The van der Waals surface area contributed by atoms with Crippen molar-refractivity contribution in [3.63, 3.8) is 0 Å². The van der Waals surface area contributed by atoms with Crippen LogP contribution in [0.15, 0.2) is 23.1 Å². The molecular weight excluding hydrogens is 312 g/mol. The predicted octanol–water partition coefficient (Wildman–Crippen LogP) is 2.30. The van der Waals surface area contributed by atoms with Crippen LogP contribution in [-0.2, 0) is 10.0 Å². The van der Waals surface area contributed by atoms with Gasteiger partial charge in [0.05, 0.1) is 5.02 Å². The van der Waals surface area contributed by atoms with Crippen molar-refractivity contribution < 1.29 is 13.2 Å². The van der Waals surface area contributed by atoms with Gasteiger partial charge in [0.15, 0.2) is 0 Å². The number of halogens is 1. The average molecular weight is 331 g/mol. The highest BCUT2D eigenvalue weighted by Gasteiger charge is 2.24. The quantitative estimate of drug-likeness (QED) is 0.887. The summed E-state index contributed by atoms with van der Waals surface area (Å²) in [5.41, 5.74) is 0.244. The molecule has 1 fully saturated rings. The molecule has 1 aliphatic carbocycles. The van der Waals surface area contributed by atoms with Crippen LogP contribution in [0.4, 0.5) is 0 Å². The zero-order valence-electron chi connectivity index (χ0n) is 11.8. The number of benzene rings is 1. The third-order valence-electron chi connectivity index (χ3n) is 3.97. The molecule has 1 atom stereocenters. The van der Waals surface area contributed by atoms with Crippen LogP contribution in [0.5, 0.6) is 0 Å². The van der Waals surface area contributed by atoms with Gasteiger partial charge in [-0.25, -0.2) is 13.6 Å². The lowest BCUT2D eigenvalue weighted by Gasteiger charge is -2.20. The molecule has 5 nitrogen and oxygen atoms in total. The topological polar surface area (TPSA) is 89.3 Å². The maximum Gasteiger partial charge on any atom is 0.251 e. The van der Waals surface area contributed by atoms with Crippen LogP contribution in [0.1, 0.15) is 43.0 Å². The molecule has 3 N–H and O–H groups in total. The van der Waals surface area contributed by atoms with Crippen LogP contribution >= 0.6 is 11.6 Å². The Bertz CT molecular complexity index is 640. The lowest BCUT2D eigenvalue weighted by molar-refractivity contribution is 0.0927. The third kappa shape index (κ3) is 3.96. The Labute approximate surface area is 129 Å². The molecule has 1 unspecified atom stereocenters. The second-order valence-electron chi connectivity index (χ2n) is 5.50. The number of hydrogen-bond acceptors (Lipinski definition) is 3. The molecule has 116 valence electrons. The molecule has 0 saturated heterocycles. The van der Waals surface area contributed by atoms with Gasteiger partial charge in [-0.15, -0.1) is 0 Å². The minimum atomic E-state index is -3.95. The molecule has 21 heavy (non-hydrogen) atoms. The van der Waals surface area contributed by atoms with Crippen LogP contribution in [-0.4, -0.2) is 20.4 Å².